The summed E-state index contributed by atoms with van der Waals surface area (Å²) < 4.78 is 0. The fourth-order valence-electron chi connectivity index (χ4n) is 3.77. The van der Waals surface area contributed by atoms with Gasteiger partial charge in [-0.05, 0) is 48.1 Å². The molecule has 5 heteroatoms. The number of aryl methyl sites for hydroxylation is 1. The van der Waals surface area contributed by atoms with E-state index in [0.29, 0.717) is 11.4 Å². The lowest BCUT2D eigenvalue weighted by atomic mass is 9.76. The fraction of sp³-hybridized carbons (Fsp3) is 0.263. The van der Waals surface area contributed by atoms with E-state index < -0.39 is 5.54 Å². The molecule has 1 fully saturated rings. The Bertz CT molecular complexity index is 836. The van der Waals surface area contributed by atoms with E-state index in [1.165, 1.54) is 4.90 Å². The monoisotopic (exact) mass is 340 g/mol. The van der Waals surface area contributed by atoms with Crippen LogP contribution in [0.15, 0.2) is 48.5 Å². The van der Waals surface area contributed by atoms with Crippen LogP contribution in [0, 0.1) is 0 Å². The lowest BCUT2D eigenvalue weighted by Gasteiger charge is -2.33. The summed E-state index contributed by atoms with van der Waals surface area (Å²) in [5, 5.41) is 3.56. The van der Waals surface area contributed by atoms with Gasteiger partial charge in [0.2, 0.25) is 0 Å². The van der Waals surface area contributed by atoms with Crippen LogP contribution in [0.25, 0.3) is 0 Å². The molecular formula is C19H17ClN2O2. The fourth-order valence-corrected chi connectivity index (χ4v) is 3.99. The first-order chi connectivity index (χ1) is 11.6. The largest absolute Gasteiger partial charge is 0.325 e. The first-order valence-corrected chi connectivity index (χ1v) is 8.45. The second kappa shape index (κ2) is 5.64. The van der Waals surface area contributed by atoms with Crippen LogP contribution in [-0.2, 0) is 23.3 Å². The number of amides is 3. The minimum Gasteiger partial charge on any atom is -0.319 e. The first-order valence-electron chi connectivity index (χ1n) is 8.07. The molecule has 4 nitrogen and oxygen atoms in total. The number of hydrogen-bond donors (Lipinski definition) is 1. The molecule has 1 aliphatic carbocycles. The molecule has 1 N–H and O–H groups in total. The van der Waals surface area contributed by atoms with Crippen molar-refractivity contribution in [2.75, 3.05) is 0 Å². The van der Waals surface area contributed by atoms with E-state index >= 15 is 0 Å². The molecular weight excluding hydrogens is 324 g/mol. The normalized spacial score (nSPS) is 22.6. The van der Waals surface area contributed by atoms with Crippen molar-refractivity contribution in [2.45, 2.75) is 31.3 Å². The number of hydrogen-bond acceptors (Lipinski definition) is 2. The predicted octanol–water partition coefficient (Wildman–Crippen LogP) is 3.62. The molecule has 0 bridgehead atoms. The maximum Gasteiger partial charge on any atom is 0.325 e. The highest BCUT2D eigenvalue weighted by Gasteiger charge is 2.53. The Morgan fingerprint density at radius 1 is 1.12 bits per heavy atom. The Morgan fingerprint density at radius 3 is 2.79 bits per heavy atom. The van der Waals surface area contributed by atoms with Crippen molar-refractivity contribution < 1.29 is 9.59 Å². The number of carbonyl (C=O) groups excluding carboxylic acids is 2. The van der Waals surface area contributed by atoms with Gasteiger partial charge < -0.3 is 5.32 Å². The molecule has 2 aliphatic rings. The quantitative estimate of drug-likeness (QED) is 0.849. The Labute approximate surface area is 145 Å². The zero-order valence-electron chi connectivity index (χ0n) is 13.1. The number of nitrogens with one attached hydrogen (secondary N) is 1. The van der Waals surface area contributed by atoms with Crippen LogP contribution in [-0.4, -0.2) is 16.8 Å². The van der Waals surface area contributed by atoms with Gasteiger partial charge in [-0.25, -0.2) is 4.79 Å². The number of halogens is 1. The van der Waals surface area contributed by atoms with Crippen LogP contribution in [0.5, 0.6) is 0 Å². The number of imide groups is 1. The number of carbonyl (C=O) groups is 2. The Balaban J connectivity index is 1.70. The summed E-state index contributed by atoms with van der Waals surface area (Å²) in [6.45, 7) is 0.231. The van der Waals surface area contributed by atoms with Gasteiger partial charge in [-0.1, -0.05) is 48.0 Å². The van der Waals surface area contributed by atoms with E-state index in [1.54, 1.807) is 12.1 Å². The summed E-state index contributed by atoms with van der Waals surface area (Å²) in [5.74, 6) is -0.167. The summed E-state index contributed by atoms with van der Waals surface area (Å²) in [4.78, 5) is 27.0. The summed E-state index contributed by atoms with van der Waals surface area (Å²) in [6.07, 6.45) is 2.46. The minimum absolute atomic E-state index is 0.167. The van der Waals surface area contributed by atoms with Gasteiger partial charge in [0.15, 0.2) is 0 Å². The molecule has 2 aromatic carbocycles. The third-order valence-corrected chi connectivity index (χ3v) is 5.12. The van der Waals surface area contributed by atoms with Crippen LogP contribution in [0.3, 0.4) is 0 Å². The van der Waals surface area contributed by atoms with Crippen LogP contribution >= 0.6 is 11.6 Å². The smallest absolute Gasteiger partial charge is 0.319 e. The summed E-state index contributed by atoms with van der Waals surface area (Å²) in [5.41, 5.74) is 2.00. The molecule has 0 radical (unpaired) electrons. The van der Waals surface area contributed by atoms with Crippen molar-refractivity contribution in [3.63, 3.8) is 0 Å². The maximum absolute atomic E-state index is 13.2. The highest BCUT2D eigenvalue weighted by atomic mass is 35.5. The zero-order valence-corrected chi connectivity index (χ0v) is 13.8. The summed E-state index contributed by atoms with van der Waals surface area (Å²) in [6, 6.07) is 14.8. The molecule has 2 aromatic rings. The van der Waals surface area contributed by atoms with Crippen molar-refractivity contribution >= 4 is 23.5 Å². The van der Waals surface area contributed by atoms with E-state index in [0.717, 1.165) is 29.5 Å². The second-order valence-corrected chi connectivity index (χ2v) is 6.80. The molecule has 1 saturated heterocycles. The maximum atomic E-state index is 13.2. The molecule has 0 unspecified atom stereocenters. The lowest BCUT2D eigenvalue weighted by molar-refractivity contribution is -0.132. The van der Waals surface area contributed by atoms with Gasteiger partial charge in [0, 0.05) is 5.02 Å². The molecule has 3 amide bonds. The van der Waals surface area contributed by atoms with E-state index in [9.17, 15) is 9.59 Å². The third kappa shape index (κ3) is 2.29. The van der Waals surface area contributed by atoms with E-state index in [2.05, 4.69) is 5.32 Å². The van der Waals surface area contributed by atoms with E-state index in [4.69, 9.17) is 11.6 Å². The Kier molecular flexibility index (Phi) is 3.57. The molecule has 0 saturated carbocycles. The third-order valence-electron chi connectivity index (χ3n) is 4.88. The van der Waals surface area contributed by atoms with Crippen molar-refractivity contribution in [3.05, 3.63) is 70.2 Å². The van der Waals surface area contributed by atoms with Crippen LogP contribution < -0.4 is 5.32 Å². The molecule has 1 spiro atoms. The standard InChI is InChI=1S/C19H17ClN2O2/c20-15-8-3-5-13(11-15)12-22-17(23)19(21-18(22)24)10-4-7-14-6-1-2-9-16(14)19/h1-3,5-6,8-9,11H,4,7,10,12H2,(H,21,24)/t19-/m0/s1. The van der Waals surface area contributed by atoms with Gasteiger partial charge in [0.25, 0.3) is 5.91 Å². The summed E-state index contributed by atoms with van der Waals surface area (Å²) >= 11 is 6.01. The average molecular weight is 341 g/mol. The Morgan fingerprint density at radius 2 is 1.96 bits per heavy atom. The number of benzene rings is 2. The van der Waals surface area contributed by atoms with Crippen LogP contribution in [0.4, 0.5) is 4.79 Å². The minimum atomic E-state index is -0.912. The number of rotatable bonds is 2. The van der Waals surface area contributed by atoms with Gasteiger partial charge in [0.05, 0.1) is 6.54 Å². The van der Waals surface area contributed by atoms with Crippen molar-refractivity contribution in [2.24, 2.45) is 0 Å². The van der Waals surface area contributed by atoms with E-state index in [-0.39, 0.29) is 18.5 Å². The molecule has 4 rings (SSSR count). The van der Waals surface area contributed by atoms with Crippen LogP contribution in [0.1, 0.15) is 29.5 Å². The predicted molar refractivity (Wildman–Crippen MR) is 91.6 cm³/mol. The number of urea groups is 1. The molecule has 24 heavy (non-hydrogen) atoms. The SMILES string of the molecule is O=C1N[C@]2(CCCc3ccccc32)C(=O)N1Cc1cccc(Cl)c1. The average Bonchev–Trinajstić information content (AvgIpc) is 2.80. The van der Waals surface area contributed by atoms with Crippen LogP contribution in [0.2, 0.25) is 5.02 Å². The zero-order chi connectivity index (χ0) is 16.7. The van der Waals surface area contributed by atoms with Crippen molar-refractivity contribution in [1.29, 1.82) is 0 Å². The number of fused-ring (bicyclic) bond motifs is 2. The van der Waals surface area contributed by atoms with Crippen molar-refractivity contribution in [1.82, 2.24) is 10.2 Å². The van der Waals surface area contributed by atoms with Gasteiger partial charge in [0.1, 0.15) is 5.54 Å². The highest BCUT2D eigenvalue weighted by molar-refractivity contribution is 6.30. The van der Waals surface area contributed by atoms with E-state index in [1.807, 2.05) is 36.4 Å². The van der Waals surface area contributed by atoms with Crippen molar-refractivity contribution in [3.8, 4) is 0 Å². The number of nitrogens with zero attached hydrogens (tertiary/aromatic N) is 1. The second-order valence-electron chi connectivity index (χ2n) is 6.37. The Hall–Kier alpha value is -2.33. The molecule has 1 atom stereocenters. The summed E-state index contributed by atoms with van der Waals surface area (Å²) in [7, 11) is 0. The van der Waals surface area contributed by atoms with Gasteiger partial charge in [-0.2, -0.15) is 0 Å². The highest BCUT2D eigenvalue weighted by Crippen LogP contribution is 2.40. The molecule has 122 valence electrons. The first kappa shape index (κ1) is 15.2. The molecule has 1 aliphatic heterocycles. The van der Waals surface area contributed by atoms with Gasteiger partial charge in [-0.3, -0.25) is 9.69 Å². The molecule has 1 heterocycles. The topological polar surface area (TPSA) is 49.4 Å². The molecule has 0 aromatic heterocycles. The van der Waals surface area contributed by atoms with Gasteiger partial charge >= 0.3 is 6.03 Å². The lowest BCUT2D eigenvalue weighted by Crippen LogP contribution is -2.46. The van der Waals surface area contributed by atoms with Gasteiger partial charge in [-0.15, -0.1) is 0 Å².